The normalized spacial score (nSPS) is 21.6. The average molecular weight is 254 g/mol. The first kappa shape index (κ1) is 13.8. The smallest absolute Gasteiger partial charge is 0.396 e. The first-order valence-electron chi connectivity index (χ1n) is 5.13. The number of unbranched alkanes of at least 4 members (excludes halogenated alkanes) is 1. The summed E-state index contributed by atoms with van der Waals surface area (Å²) >= 11 is 0. The second-order valence-corrected chi connectivity index (χ2v) is 3.77. The molecule has 17 heavy (non-hydrogen) atoms. The Labute approximate surface area is 95.6 Å². The fourth-order valence-electron chi connectivity index (χ4n) is 1.52. The molecule has 1 aliphatic rings. The number of halogens is 3. The number of urea groups is 1. The quantitative estimate of drug-likeness (QED) is 0.717. The molecular formula is C9H13F3N2O3. The first-order chi connectivity index (χ1) is 7.86. The van der Waals surface area contributed by atoms with Crippen molar-refractivity contribution < 1.29 is 27.9 Å². The minimum atomic E-state index is -4.65. The van der Waals surface area contributed by atoms with Crippen LogP contribution in [0.5, 0.6) is 0 Å². The van der Waals surface area contributed by atoms with E-state index in [0.29, 0.717) is 12.8 Å². The van der Waals surface area contributed by atoms with E-state index in [1.165, 1.54) is 0 Å². The fourth-order valence-corrected chi connectivity index (χ4v) is 1.52. The molecule has 1 heterocycles. The van der Waals surface area contributed by atoms with E-state index in [1.54, 1.807) is 5.32 Å². The number of aliphatic hydroxyl groups excluding tert-OH is 1. The zero-order valence-electron chi connectivity index (χ0n) is 8.96. The molecule has 2 N–H and O–H groups in total. The largest absolute Gasteiger partial charge is 0.402 e. The minimum absolute atomic E-state index is 0.0862. The number of hydrogen-bond donors (Lipinski definition) is 2. The van der Waals surface area contributed by atoms with Gasteiger partial charge in [0.05, 0.1) is 0 Å². The van der Waals surface area contributed by atoms with E-state index in [0.717, 1.165) is 4.90 Å². The number of nitrogens with zero attached hydrogens (tertiary/aromatic N) is 1. The van der Waals surface area contributed by atoms with Crippen molar-refractivity contribution in [3.8, 4) is 0 Å². The molecule has 1 aliphatic heterocycles. The van der Waals surface area contributed by atoms with Crippen molar-refractivity contribution in [2.75, 3.05) is 19.7 Å². The highest BCUT2D eigenvalue weighted by molar-refractivity contribution is 5.98. The lowest BCUT2D eigenvalue weighted by Crippen LogP contribution is -2.58. The molecule has 0 aromatic rings. The summed E-state index contributed by atoms with van der Waals surface area (Å²) in [5.74, 6) is -3.48. The van der Waals surface area contributed by atoms with Crippen LogP contribution in [0.3, 0.4) is 0 Å². The molecular weight excluding hydrogens is 241 g/mol. The van der Waals surface area contributed by atoms with Crippen LogP contribution >= 0.6 is 0 Å². The van der Waals surface area contributed by atoms with Gasteiger partial charge in [-0.3, -0.25) is 10.1 Å². The molecule has 1 atom stereocenters. The van der Waals surface area contributed by atoms with Crippen LogP contribution in [0.15, 0.2) is 0 Å². The van der Waals surface area contributed by atoms with Crippen molar-refractivity contribution >= 4 is 11.9 Å². The monoisotopic (exact) mass is 254 g/mol. The number of imide groups is 1. The maximum absolute atomic E-state index is 12.4. The van der Waals surface area contributed by atoms with Gasteiger partial charge in [0.2, 0.25) is 5.91 Å². The van der Waals surface area contributed by atoms with Crippen LogP contribution in [0.1, 0.15) is 12.8 Å². The van der Waals surface area contributed by atoms with E-state index in [4.69, 9.17) is 5.11 Å². The van der Waals surface area contributed by atoms with E-state index in [1.807, 2.05) is 0 Å². The van der Waals surface area contributed by atoms with E-state index in [-0.39, 0.29) is 13.2 Å². The summed E-state index contributed by atoms with van der Waals surface area (Å²) in [5.41, 5.74) is 0. The SMILES string of the molecule is O=C1NC(=O)N(CCCCO)CC1C(F)(F)F. The first-order valence-corrected chi connectivity index (χ1v) is 5.13. The molecule has 1 unspecified atom stereocenters. The van der Waals surface area contributed by atoms with Gasteiger partial charge in [0.1, 0.15) is 0 Å². The van der Waals surface area contributed by atoms with Crippen LogP contribution in [0.25, 0.3) is 0 Å². The Balaban J connectivity index is 2.61. The summed E-state index contributed by atoms with van der Waals surface area (Å²) in [6, 6.07) is -0.812. The van der Waals surface area contributed by atoms with Crippen LogP contribution < -0.4 is 5.32 Å². The topological polar surface area (TPSA) is 69.6 Å². The van der Waals surface area contributed by atoms with Gasteiger partial charge in [0, 0.05) is 19.7 Å². The van der Waals surface area contributed by atoms with Gasteiger partial charge in [0.15, 0.2) is 5.92 Å². The third-order valence-corrected chi connectivity index (χ3v) is 2.47. The third-order valence-electron chi connectivity index (χ3n) is 2.47. The number of rotatable bonds is 4. The van der Waals surface area contributed by atoms with Gasteiger partial charge in [-0.05, 0) is 12.8 Å². The Morgan fingerprint density at radius 2 is 2.00 bits per heavy atom. The molecule has 0 aliphatic carbocycles. The fraction of sp³-hybridized carbons (Fsp3) is 0.778. The number of aliphatic hydroxyl groups is 1. The number of amides is 3. The van der Waals surface area contributed by atoms with Gasteiger partial charge < -0.3 is 10.0 Å². The van der Waals surface area contributed by atoms with Crippen molar-refractivity contribution in [3.63, 3.8) is 0 Å². The summed E-state index contributed by atoms with van der Waals surface area (Å²) in [6.07, 6.45) is -3.86. The number of nitrogens with one attached hydrogen (secondary N) is 1. The maximum atomic E-state index is 12.4. The molecule has 0 saturated carbocycles. The Morgan fingerprint density at radius 3 is 2.53 bits per heavy atom. The van der Waals surface area contributed by atoms with Crippen molar-refractivity contribution in [1.29, 1.82) is 0 Å². The highest BCUT2D eigenvalue weighted by atomic mass is 19.4. The molecule has 0 bridgehead atoms. The highest BCUT2D eigenvalue weighted by Gasteiger charge is 2.49. The summed E-state index contributed by atoms with van der Waals surface area (Å²) in [5, 5.41) is 10.2. The van der Waals surface area contributed by atoms with Gasteiger partial charge in [0.25, 0.3) is 0 Å². The Kier molecular flexibility index (Phi) is 4.33. The number of alkyl halides is 3. The van der Waals surface area contributed by atoms with Crippen LogP contribution in [-0.4, -0.2) is 47.8 Å². The number of carbonyl (C=O) groups is 2. The van der Waals surface area contributed by atoms with Crippen LogP contribution in [0, 0.1) is 5.92 Å². The molecule has 1 saturated heterocycles. The molecule has 0 aromatic carbocycles. The van der Waals surface area contributed by atoms with E-state index >= 15 is 0 Å². The predicted molar refractivity (Wildman–Crippen MR) is 51.0 cm³/mol. The Hall–Kier alpha value is -1.31. The minimum Gasteiger partial charge on any atom is -0.396 e. The van der Waals surface area contributed by atoms with Crippen LogP contribution in [-0.2, 0) is 4.79 Å². The molecule has 8 heteroatoms. The van der Waals surface area contributed by atoms with Crippen LogP contribution in [0.4, 0.5) is 18.0 Å². The van der Waals surface area contributed by atoms with Crippen molar-refractivity contribution in [2.45, 2.75) is 19.0 Å². The summed E-state index contributed by atoms with van der Waals surface area (Å²) in [6.45, 7) is -0.650. The summed E-state index contributed by atoms with van der Waals surface area (Å²) < 4.78 is 37.3. The van der Waals surface area contributed by atoms with Crippen molar-refractivity contribution in [2.24, 2.45) is 5.92 Å². The highest BCUT2D eigenvalue weighted by Crippen LogP contribution is 2.29. The molecule has 3 amide bonds. The summed E-state index contributed by atoms with van der Waals surface area (Å²) in [4.78, 5) is 23.2. The number of carbonyl (C=O) groups excluding carboxylic acids is 2. The lowest BCUT2D eigenvalue weighted by Gasteiger charge is -2.32. The van der Waals surface area contributed by atoms with Gasteiger partial charge >= 0.3 is 12.2 Å². The second-order valence-electron chi connectivity index (χ2n) is 3.77. The van der Waals surface area contributed by atoms with Gasteiger partial charge in [-0.2, -0.15) is 13.2 Å². The Morgan fingerprint density at radius 1 is 1.35 bits per heavy atom. The van der Waals surface area contributed by atoms with E-state index in [9.17, 15) is 22.8 Å². The zero-order chi connectivity index (χ0) is 13.1. The van der Waals surface area contributed by atoms with E-state index in [2.05, 4.69) is 0 Å². The molecule has 0 aromatic heterocycles. The molecule has 1 rings (SSSR count). The Bertz CT molecular complexity index is 306. The second kappa shape index (κ2) is 5.35. The third kappa shape index (κ3) is 3.58. The lowest BCUT2D eigenvalue weighted by atomic mass is 10.1. The predicted octanol–water partition coefficient (Wildman–Crippen LogP) is 0.489. The zero-order valence-corrected chi connectivity index (χ0v) is 8.96. The van der Waals surface area contributed by atoms with Crippen LogP contribution in [0.2, 0.25) is 0 Å². The molecule has 5 nitrogen and oxygen atoms in total. The average Bonchev–Trinajstić information content (AvgIpc) is 2.19. The molecule has 0 radical (unpaired) electrons. The van der Waals surface area contributed by atoms with E-state index < -0.39 is 30.6 Å². The number of hydrogen-bond acceptors (Lipinski definition) is 3. The molecule has 1 fully saturated rings. The van der Waals surface area contributed by atoms with Gasteiger partial charge in [-0.25, -0.2) is 4.79 Å². The van der Waals surface area contributed by atoms with Crippen molar-refractivity contribution in [3.05, 3.63) is 0 Å². The van der Waals surface area contributed by atoms with Gasteiger partial charge in [-0.15, -0.1) is 0 Å². The molecule has 0 spiro atoms. The van der Waals surface area contributed by atoms with Gasteiger partial charge in [-0.1, -0.05) is 0 Å². The standard InChI is InChI=1S/C9H13F3N2O3/c10-9(11,12)6-5-14(3-1-2-4-15)8(17)13-7(6)16/h6,15H,1-5H2,(H,13,16,17). The van der Waals surface area contributed by atoms with Crippen molar-refractivity contribution in [1.82, 2.24) is 10.2 Å². The lowest BCUT2D eigenvalue weighted by molar-refractivity contribution is -0.186. The maximum Gasteiger partial charge on any atom is 0.402 e. The summed E-state index contributed by atoms with van der Waals surface area (Å²) in [7, 11) is 0. The molecule has 98 valence electrons.